The van der Waals surface area contributed by atoms with E-state index in [1.54, 1.807) is 22.2 Å². The predicted octanol–water partition coefficient (Wildman–Crippen LogP) is 6.60. The molecule has 3 fully saturated rings. The number of methoxy groups -OCH3 is 2. The maximum Gasteiger partial charge on any atom is 0.407 e. The monoisotopic (exact) mass is 838 g/mol. The van der Waals surface area contributed by atoms with E-state index in [-0.39, 0.29) is 41.7 Å². The summed E-state index contributed by atoms with van der Waals surface area (Å²) < 4.78 is 22.3. The molecule has 4 amide bonds. The average Bonchev–Trinajstić information content (AvgIpc) is 4.09. The Labute approximate surface area is 356 Å². The van der Waals surface area contributed by atoms with E-state index in [9.17, 15) is 19.2 Å². The molecular formula is C45H58N8O8. The molecule has 3 aliphatic rings. The number of benzene rings is 2. The van der Waals surface area contributed by atoms with E-state index in [4.69, 9.17) is 23.9 Å². The van der Waals surface area contributed by atoms with Crippen LogP contribution in [0, 0.1) is 17.3 Å². The number of hydrogen-bond donors (Lipinski definition) is 4. The molecule has 0 unspecified atom stereocenters. The highest BCUT2D eigenvalue weighted by Crippen LogP contribution is 2.44. The fourth-order valence-electron chi connectivity index (χ4n) is 8.32. The number of likely N-dealkylation sites (tertiary alicyclic amines) is 2. The van der Waals surface area contributed by atoms with E-state index >= 15 is 0 Å². The summed E-state index contributed by atoms with van der Waals surface area (Å²) in [7, 11) is 2.56. The van der Waals surface area contributed by atoms with Crippen LogP contribution in [-0.4, -0.2) is 112 Å². The minimum Gasteiger partial charge on any atom is -0.453 e. The average molecular weight is 839 g/mol. The summed E-state index contributed by atoms with van der Waals surface area (Å²) in [5.41, 5.74) is 5.43. The van der Waals surface area contributed by atoms with Crippen molar-refractivity contribution in [3.05, 3.63) is 72.6 Å². The van der Waals surface area contributed by atoms with Crippen molar-refractivity contribution in [2.75, 3.05) is 40.5 Å². The molecule has 61 heavy (non-hydrogen) atoms. The number of aromatic amines is 2. The third-order valence-electron chi connectivity index (χ3n) is 11.9. The minimum absolute atomic E-state index is 0.114. The highest BCUT2D eigenvalue weighted by atomic mass is 16.7. The summed E-state index contributed by atoms with van der Waals surface area (Å²) in [6.45, 7) is 13.5. The molecule has 0 bridgehead atoms. The lowest BCUT2D eigenvalue weighted by Crippen LogP contribution is -2.53. The van der Waals surface area contributed by atoms with Gasteiger partial charge < -0.3 is 49.3 Å². The third kappa shape index (κ3) is 9.30. The van der Waals surface area contributed by atoms with Crippen LogP contribution in [0.25, 0.3) is 33.6 Å². The van der Waals surface area contributed by atoms with Gasteiger partial charge in [0.1, 0.15) is 23.7 Å². The second-order valence-corrected chi connectivity index (χ2v) is 17.8. The first-order valence-electron chi connectivity index (χ1n) is 21.0. The van der Waals surface area contributed by atoms with Crippen molar-refractivity contribution in [3.8, 4) is 33.6 Å². The number of nitrogens with zero attached hydrogens (tertiary/aromatic N) is 4. The number of amides is 4. The lowest BCUT2D eigenvalue weighted by atomic mass is 9.94. The van der Waals surface area contributed by atoms with Crippen molar-refractivity contribution in [3.63, 3.8) is 0 Å². The van der Waals surface area contributed by atoms with Gasteiger partial charge in [-0.2, -0.15) is 0 Å². The SMILES string of the molecule is COC(=O)N[C@H](C(=O)N1CCC[C@H]1c1ncc(-c2ccc(-c3ccc(-c4cnc([C@@H]5CC6(CN5C(=O)[C@@H](NC(=O)OC)C(C)C)OCC(C)(C)CO6)[nH]4)cc3)cc2)[nH]1)C(C)C. The zero-order valence-electron chi connectivity index (χ0n) is 36.2. The molecule has 3 saturated heterocycles. The summed E-state index contributed by atoms with van der Waals surface area (Å²) in [5.74, 6) is -0.411. The number of carbonyl (C=O) groups excluding carboxylic acids is 4. The van der Waals surface area contributed by atoms with Gasteiger partial charge in [0.15, 0.2) is 5.79 Å². The Bertz CT molecular complexity index is 2190. The lowest BCUT2D eigenvalue weighted by Gasteiger charge is -2.41. The van der Waals surface area contributed by atoms with Gasteiger partial charge in [-0.3, -0.25) is 9.59 Å². The number of H-pyrrole nitrogens is 2. The normalized spacial score (nSPS) is 20.5. The molecule has 4 aromatic rings. The molecule has 1 spiro atoms. The molecule has 4 atom stereocenters. The van der Waals surface area contributed by atoms with E-state index in [0.29, 0.717) is 37.8 Å². The van der Waals surface area contributed by atoms with E-state index in [1.165, 1.54) is 14.2 Å². The summed E-state index contributed by atoms with van der Waals surface area (Å²) >= 11 is 0. The molecule has 0 aliphatic carbocycles. The van der Waals surface area contributed by atoms with E-state index in [1.807, 2.05) is 52.0 Å². The van der Waals surface area contributed by atoms with Crippen LogP contribution in [0.15, 0.2) is 60.9 Å². The van der Waals surface area contributed by atoms with E-state index < -0.39 is 36.1 Å². The number of rotatable bonds is 11. The van der Waals surface area contributed by atoms with Crippen molar-refractivity contribution in [2.24, 2.45) is 17.3 Å². The van der Waals surface area contributed by atoms with Gasteiger partial charge in [-0.25, -0.2) is 19.6 Å². The summed E-state index contributed by atoms with van der Waals surface area (Å²) in [6, 6.07) is 14.2. The first kappa shape index (κ1) is 43.4. The smallest absolute Gasteiger partial charge is 0.407 e. The van der Waals surface area contributed by atoms with Gasteiger partial charge in [-0.15, -0.1) is 0 Å². The van der Waals surface area contributed by atoms with Gasteiger partial charge in [0.25, 0.3) is 0 Å². The second-order valence-electron chi connectivity index (χ2n) is 17.8. The second kappa shape index (κ2) is 17.7. The van der Waals surface area contributed by atoms with Crippen molar-refractivity contribution >= 4 is 24.0 Å². The van der Waals surface area contributed by atoms with Crippen LogP contribution in [0.1, 0.15) is 84.5 Å². The maximum atomic E-state index is 14.2. The third-order valence-corrected chi connectivity index (χ3v) is 11.9. The Kier molecular flexibility index (Phi) is 12.6. The van der Waals surface area contributed by atoms with Crippen LogP contribution in [0.3, 0.4) is 0 Å². The van der Waals surface area contributed by atoms with Crippen molar-refractivity contribution in [1.82, 2.24) is 40.4 Å². The Hall–Kier alpha value is -5.74. The lowest BCUT2D eigenvalue weighted by molar-refractivity contribution is -0.290. The highest BCUT2D eigenvalue weighted by molar-refractivity contribution is 5.87. The van der Waals surface area contributed by atoms with E-state index in [2.05, 4.69) is 63.7 Å². The van der Waals surface area contributed by atoms with Crippen molar-refractivity contribution in [2.45, 2.75) is 90.8 Å². The fraction of sp³-hybridized carbons (Fsp3) is 0.511. The summed E-state index contributed by atoms with van der Waals surface area (Å²) in [4.78, 5) is 71.8. The fourth-order valence-corrected chi connectivity index (χ4v) is 8.32. The molecule has 326 valence electrons. The highest BCUT2D eigenvalue weighted by Gasteiger charge is 2.53. The molecule has 7 rings (SSSR count). The van der Waals surface area contributed by atoms with Crippen LogP contribution in [0.2, 0.25) is 0 Å². The summed E-state index contributed by atoms with van der Waals surface area (Å²) in [5, 5.41) is 5.41. The molecule has 16 nitrogen and oxygen atoms in total. The number of ether oxygens (including phenoxy) is 4. The first-order chi connectivity index (χ1) is 29.1. The number of alkyl carbamates (subject to hydrolysis) is 2. The van der Waals surface area contributed by atoms with Gasteiger partial charge in [0.05, 0.1) is 69.8 Å². The number of imidazole rings is 2. The Morgan fingerprint density at radius 1 is 0.705 bits per heavy atom. The zero-order valence-corrected chi connectivity index (χ0v) is 36.2. The number of aromatic nitrogens is 4. The molecule has 2 aromatic heterocycles. The van der Waals surface area contributed by atoms with Crippen molar-refractivity contribution in [1.29, 1.82) is 0 Å². The molecular weight excluding hydrogens is 781 g/mol. The van der Waals surface area contributed by atoms with Crippen molar-refractivity contribution < 1.29 is 38.1 Å². The largest absolute Gasteiger partial charge is 0.453 e. The number of carbonyl (C=O) groups is 4. The van der Waals surface area contributed by atoms with Crippen LogP contribution in [-0.2, 0) is 28.5 Å². The molecule has 4 N–H and O–H groups in total. The Morgan fingerprint density at radius 3 is 1.61 bits per heavy atom. The quantitative estimate of drug-likeness (QED) is 0.128. The Balaban J connectivity index is 1.04. The maximum absolute atomic E-state index is 14.2. The van der Waals surface area contributed by atoms with E-state index in [0.717, 1.165) is 46.5 Å². The molecule has 0 radical (unpaired) electrons. The summed E-state index contributed by atoms with van der Waals surface area (Å²) in [6.07, 6.45) is 4.25. The van der Waals surface area contributed by atoms with Gasteiger partial charge in [-0.05, 0) is 46.9 Å². The van der Waals surface area contributed by atoms with Crippen LogP contribution >= 0.6 is 0 Å². The Morgan fingerprint density at radius 2 is 1.15 bits per heavy atom. The first-order valence-corrected chi connectivity index (χ1v) is 21.0. The number of nitrogens with one attached hydrogen (secondary N) is 4. The molecule has 2 aromatic carbocycles. The molecule has 5 heterocycles. The zero-order chi connectivity index (χ0) is 43.6. The predicted molar refractivity (Wildman–Crippen MR) is 227 cm³/mol. The van der Waals surface area contributed by atoms with Gasteiger partial charge in [0.2, 0.25) is 11.8 Å². The minimum atomic E-state index is -0.993. The van der Waals surface area contributed by atoms with Gasteiger partial charge in [0, 0.05) is 18.4 Å². The molecule has 3 aliphatic heterocycles. The topological polar surface area (TPSA) is 193 Å². The number of hydrogen-bond acceptors (Lipinski definition) is 10. The molecule has 0 saturated carbocycles. The molecule has 16 heteroatoms. The standard InChI is InChI=1S/C45H58N8O8/c1-26(2)36(50-42(56)58-7)40(54)52-19-9-10-34(52)38-46-21-32(48-38)30-15-11-28(12-16-30)29-13-17-31(18-14-29)33-22-47-39(49-33)35-20-45(60-24-44(5,6)25-61-45)23-53(35)41(55)37(27(3)4)51-43(57)59-8/h11-18,21-22,26-27,34-37H,9-10,19-20,23-25H2,1-8H3,(H,46,48)(H,47,49)(H,50,56)(H,51,57)/t34-,35-,36-,37-/m0/s1. The van der Waals surface area contributed by atoms with Gasteiger partial charge >= 0.3 is 12.2 Å². The van der Waals surface area contributed by atoms with Gasteiger partial charge in [-0.1, -0.05) is 90.1 Å². The van der Waals surface area contributed by atoms with Crippen LogP contribution < -0.4 is 10.6 Å². The van der Waals surface area contributed by atoms with Crippen LogP contribution in [0.4, 0.5) is 9.59 Å². The van der Waals surface area contributed by atoms with Crippen LogP contribution in [0.5, 0.6) is 0 Å².